The molecule has 3 aromatic rings. The summed E-state index contributed by atoms with van der Waals surface area (Å²) in [6.45, 7) is 2.20. The number of carbonyl (C=O) groups excluding carboxylic acids is 1. The molecule has 0 radical (unpaired) electrons. The molecule has 0 saturated heterocycles. The third kappa shape index (κ3) is 4.60. The first-order valence-electron chi connectivity index (χ1n) is 11.4. The normalized spacial score (nSPS) is 18.0. The summed E-state index contributed by atoms with van der Waals surface area (Å²) in [6.07, 6.45) is 11.1. The van der Waals surface area contributed by atoms with Crippen LogP contribution in [0.4, 0.5) is 0 Å². The first-order valence-corrected chi connectivity index (χ1v) is 11.7. The van der Waals surface area contributed by atoms with Gasteiger partial charge in [-0.1, -0.05) is 35.9 Å². The minimum Gasteiger partial charge on any atom is -0.361 e. The molecule has 1 fully saturated rings. The van der Waals surface area contributed by atoms with Crippen molar-refractivity contribution in [1.29, 1.82) is 0 Å². The Labute approximate surface area is 193 Å². The fourth-order valence-electron chi connectivity index (χ4n) is 4.94. The van der Waals surface area contributed by atoms with Crippen LogP contribution >= 0.6 is 11.6 Å². The lowest BCUT2D eigenvalue weighted by atomic mass is 10.0. The van der Waals surface area contributed by atoms with Gasteiger partial charge in [-0.15, -0.1) is 0 Å². The van der Waals surface area contributed by atoms with Crippen molar-refractivity contribution in [1.82, 2.24) is 15.4 Å². The van der Waals surface area contributed by atoms with Crippen molar-refractivity contribution in [3.05, 3.63) is 75.9 Å². The molecule has 1 unspecified atom stereocenters. The van der Waals surface area contributed by atoms with Crippen molar-refractivity contribution in [2.75, 3.05) is 13.1 Å². The van der Waals surface area contributed by atoms with E-state index < -0.39 is 5.91 Å². The van der Waals surface area contributed by atoms with Crippen molar-refractivity contribution >= 4 is 34.5 Å². The first kappa shape index (κ1) is 21.3. The van der Waals surface area contributed by atoms with Gasteiger partial charge in [-0.25, -0.2) is 5.48 Å². The molecule has 5 nitrogen and oxygen atoms in total. The maximum atomic E-state index is 11.3. The van der Waals surface area contributed by atoms with E-state index in [0.717, 1.165) is 54.4 Å². The molecule has 0 spiro atoms. The Morgan fingerprint density at radius 2 is 2.09 bits per heavy atom. The van der Waals surface area contributed by atoms with Crippen LogP contribution in [0.25, 0.3) is 17.0 Å². The lowest BCUT2D eigenvalue weighted by Crippen LogP contribution is -2.31. The molecule has 6 heteroatoms. The fraction of sp³-hybridized carbons (Fsp3) is 0.346. The molecule has 5 rings (SSSR count). The number of rotatable bonds is 8. The molecule has 1 heterocycles. The molecule has 32 heavy (non-hydrogen) atoms. The van der Waals surface area contributed by atoms with E-state index in [1.54, 1.807) is 11.6 Å². The Morgan fingerprint density at radius 1 is 1.22 bits per heavy atom. The van der Waals surface area contributed by atoms with E-state index in [0.29, 0.717) is 6.04 Å². The van der Waals surface area contributed by atoms with Crippen LogP contribution in [-0.4, -0.2) is 34.1 Å². The van der Waals surface area contributed by atoms with Crippen LogP contribution < -0.4 is 5.48 Å². The van der Waals surface area contributed by atoms with Crippen LogP contribution in [0.15, 0.2) is 48.7 Å². The van der Waals surface area contributed by atoms with E-state index in [-0.39, 0.29) is 0 Å². The van der Waals surface area contributed by atoms with Gasteiger partial charge in [0.1, 0.15) is 0 Å². The number of hydrogen-bond donors (Lipinski definition) is 3. The summed E-state index contributed by atoms with van der Waals surface area (Å²) in [5, 5.41) is 10.7. The number of fused-ring (bicyclic) bond motifs is 2. The number of nitrogens with zero attached hydrogens (tertiary/aromatic N) is 1. The summed E-state index contributed by atoms with van der Waals surface area (Å²) in [4.78, 5) is 17.3. The maximum absolute atomic E-state index is 11.3. The molecular formula is C26H28ClN3O2. The molecule has 0 bridgehead atoms. The first-order chi connectivity index (χ1) is 15.6. The summed E-state index contributed by atoms with van der Waals surface area (Å²) >= 11 is 6.14. The van der Waals surface area contributed by atoms with E-state index in [2.05, 4.69) is 40.3 Å². The van der Waals surface area contributed by atoms with E-state index in [1.807, 2.05) is 12.1 Å². The predicted molar refractivity (Wildman–Crippen MR) is 128 cm³/mol. The highest BCUT2D eigenvalue weighted by molar-refractivity contribution is 6.31. The number of H-pyrrole nitrogens is 1. The second kappa shape index (κ2) is 9.10. The van der Waals surface area contributed by atoms with Gasteiger partial charge >= 0.3 is 0 Å². The molecule has 2 aliphatic rings. The predicted octanol–water partition coefficient (Wildman–Crippen LogP) is 5.28. The van der Waals surface area contributed by atoms with Gasteiger partial charge in [-0.3, -0.25) is 14.9 Å². The highest BCUT2D eigenvalue weighted by Crippen LogP contribution is 2.40. The zero-order chi connectivity index (χ0) is 22.1. The van der Waals surface area contributed by atoms with E-state index in [9.17, 15) is 4.79 Å². The molecule has 2 aliphatic carbocycles. The average molecular weight is 450 g/mol. The Kier molecular flexibility index (Phi) is 6.05. The average Bonchev–Trinajstić information content (AvgIpc) is 3.39. The number of amides is 1. The van der Waals surface area contributed by atoms with E-state index in [4.69, 9.17) is 16.8 Å². The molecule has 3 N–H and O–H groups in total. The zero-order valence-corrected chi connectivity index (χ0v) is 18.7. The van der Waals surface area contributed by atoms with E-state index >= 15 is 0 Å². The van der Waals surface area contributed by atoms with Crippen LogP contribution in [0.5, 0.6) is 0 Å². The smallest absolute Gasteiger partial charge is 0.267 e. The third-order valence-electron chi connectivity index (χ3n) is 6.78. The molecule has 1 atom stereocenters. The fourth-order valence-corrected chi connectivity index (χ4v) is 5.12. The van der Waals surface area contributed by atoms with Crippen LogP contribution in [0.2, 0.25) is 5.02 Å². The standard InChI is InChI=1S/C26H28ClN3O2/c27-21-6-8-22-20(15-28-24(22)14-21)11-12-30(16-18-1-2-18)25-9-5-19-13-17(3-7-23(19)25)4-10-26(31)29-32/h3-4,6-8,10,13-15,18,25,28,32H,1-2,5,9,11-12,16H2,(H,29,31). The largest absolute Gasteiger partial charge is 0.361 e. The Morgan fingerprint density at radius 3 is 2.91 bits per heavy atom. The van der Waals surface area contributed by atoms with Crippen molar-refractivity contribution in [2.45, 2.75) is 38.1 Å². The summed E-state index contributed by atoms with van der Waals surface area (Å²) in [7, 11) is 0. The number of aromatic amines is 1. The number of aryl methyl sites for hydroxylation is 1. The number of aromatic nitrogens is 1. The minimum absolute atomic E-state index is 0.448. The van der Waals surface area contributed by atoms with Crippen molar-refractivity contribution in [2.24, 2.45) is 5.92 Å². The topological polar surface area (TPSA) is 68.4 Å². The van der Waals surface area contributed by atoms with Crippen LogP contribution in [0.3, 0.4) is 0 Å². The molecule has 0 aliphatic heterocycles. The zero-order valence-electron chi connectivity index (χ0n) is 18.0. The van der Waals surface area contributed by atoms with Gasteiger partial charge in [0, 0.05) is 47.3 Å². The summed E-state index contributed by atoms with van der Waals surface area (Å²) in [5.41, 5.74) is 7.84. The van der Waals surface area contributed by atoms with Gasteiger partial charge in [0.15, 0.2) is 0 Å². The Bertz CT molecular complexity index is 1170. The lowest BCUT2D eigenvalue weighted by molar-refractivity contribution is -0.124. The molecule has 1 saturated carbocycles. The van der Waals surface area contributed by atoms with Gasteiger partial charge in [0.25, 0.3) is 5.91 Å². The summed E-state index contributed by atoms with van der Waals surface area (Å²) in [6, 6.07) is 13.0. The molecule has 2 aromatic carbocycles. The van der Waals surface area contributed by atoms with Crippen molar-refractivity contribution < 1.29 is 10.0 Å². The molecular weight excluding hydrogens is 422 g/mol. The maximum Gasteiger partial charge on any atom is 0.267 e. The number of benzene rings is 2. The second-order valence-corrected chi connectivity index (χ2v) is 9.45. The summed E-state index contributed by atoms with van der Waals surface area (Å²) in [5.74, 6) is 0.318. The van der Waals surface area contributed by atoms with Crippen LogP contribution in [0.1, 0.15) is 47.6 Å². The highest BCUT2D eigenvalue weighted by Gasteiger charge is 2.32. The number of hydrogen-bond acceptors (Lipinski definition) is 3. The molecule has 1 amide bonds. The number of nitrogens with one attached hydrogen (secondary N) is 2. The van der Waals surface area contributed by atoms with Crippen LogP contribution in [-0.2, 0) is 17.6 Å². The van der Waals surface area contributed by atoms with Gasteiger partial charge in [-0.05, 0) is 78.5 Å². The van der Waals surface area contributed by atoms with Crippen LogP contribution in [0, 0.1) is 5.92 Å². The number of halogens is 1. The van der Waals surface area contributed by atoms with Gasteiger partial charge < -0.3 is 4.98 Å². The van der Waals surface area contributed by atoms with Crippen molar-refractivity contribution in [3.8, 4) is 0 Å². The monoisotopic (exact) mass is 449 g/mol. The number of hydroxylamine groups is 1. The highest BCUT2D eigenvalue weighted by atomic mass is 35.5. The third-order valence-corrected chi connectivity index (χ3v) is 7.01. The van der Waals surface area contributed by atoms with Crippen molar-refractivity contribution in [3.63, 3.8) is 0 Å². The Hall–Kier alpha value is -2.60. The van der Waals surface area contributed by atoms with Gasteiger partial charge in [0.05, 0.1) is 0 Å². The summed E-state index contributed by atoms with van der Waals surface area (Å²) < 4.78 is 0. The number of carbonyl (C=O) groups is 1. The SMILES string of the molecule is O=C(C=Cc1ccc2c(c1)CCC2N(CCc1c[nH]c2cc(Cl)ccc12)CC1CC1)NO. The van der Waals surface area contributed by atoms with Gasteiger partial charge in [0.2, 0.25) is 0 Å². The molecule has 166 valence electrons. The Balaban J connectivity index is 1.33. The van der Waals surface area contributed by atoms with Gasteiger partial charge in [-0.2, -0.15) is 0 Å². The second-order valence-electron chi connectivity index (χ2n) is 9.01. The minimum atomic E-state index is -0.515. The lowest BCUT2D eigenvalue weighted by Gasteiger charge is -2.30. The van der Waals surface area contributed by atoms with E-state index in [1.165, 1.54) is 41.0 Å². The molecule has 1 aromatic heterocycles. The quantitative estimate of drug-likeness (QED) is 0.249.